The molecule has 0 aliphatic heterocycles. The Labute approximate surface area is 300 Å². The van der Waals surface area contributed by atoms with Gasteiger partial charge in [-0.05, 0) is 83.5 Å². The molecule has 0 atom stereocenters. The predicted octanol–water partition coefficient (Wildman–Crippen LogP) is 12.2. The minimum Gasteiger partial charge on any atom is -0.265 e. The lowest BCUT2D eigenvalue weighted by atomic mass is 9.87. The first kappa shape index (κ1) is 29.8. The van der Waals surface area contributed by atoms with Gasteiger partial charge in [-0.3, -0.25) is 4.98 Å². The molecule has 0 aliphatic rings. The molecule has 4 nitrogen and oxygen atoms in total. The molecule has 52 heavy (non-hydrogen) atoms. The Hall–Kier alpha value is -7.04. The maximum atomic E-state index is 5.03. The Morgan fingerprint density at radius 2 is 0.654 bits per heavy atom. The van der Waals surface area contributed by atoms with Crippen LogP contribution in [0.15, 0.2) is 182 Å². The topological polar surface area (TPSA) is 51.6 Å². The van der Waals surface area contributed by atoms with Crippen molar-refractivity contribution < 1.29 is 0 Å². The Bertz CT molecular complexity index is 2920. The average Bonchev–Trinajstić information content (AvgIpc) is 3.24. The van der Waals surface area contributed by atoms with Gasteiger partial charge in [-0.25, -0.2) is 15.0 Å². The zero-order valence-electron chi connectivity index (χ0n) is 28.1. The molecule has 0 saturated carbocycles. The molecule has 0 unspecified atom stereocenters. The van der Waals surface area contributed by atoms with Gasteiger partial charge in [-0.2, -0.15) is 0 Å². The summed E-state index contributed by atoms with van der Waals surface area (Å²) < 4.78 is 0. The van der Waals surface area contributed by atoms with E-state index >= 15 is 0 Å². The minimum absolute atomic E-state index is 0.633. The monoisotopic (exact) mass is 662 g/mol. The molecule has 0 saturated heterocycles. The first-order chi connectivity index (χ1) is 25.8. The van der Waals surface area contributed by atoms with E-state index in [-0.39, 0.29) is 0 Å². The van der Waals surface area contributed by atoms with Crippen LogP contribution in [0, 0.1) is 0 Å². The van der Waals surface area contributed by atoms with Crippen molar-refractivity contribution in [2.75, 3.05) is 0 Å². The summed E-state index contributed by atoms with van der Waals surface area (Å²) >= 11 is 0. The van der Waals surface area contributed by atoms with Crippen molar-refractivity contribution >= 4 is 43.1 Å². The lowest BCUT2D eigenvalue weighted by molar-refractivity contribution is 1.07. The van der Waals surface area contributed by atoms with Crippen LogP contribution in [0.3, 0.4) is 0 Å². The molecule has 2 heterocycles. The second-order valence-electron chi connectivity index (χ2n) is 13.0. The summed E-state index contributed by atoms with van der Waals surface area (Å²) in [5, 5.41) is 10.1. The molecule has 10 rings (SSSR count). The van der Waals surface area contributed by atoms with E-state index in [1.807, 2.05) is 54.9 Å². The number of benzene rings is 8. The van der Waals surface area contributed by atoms with E-state index in [1.54, 1.807) is 0 Å². The Kier molecular flexibility index (Phi) is 7.10. The van der Waals surface area contributed by atoms with Gasteiger partial charge in [0.1, 0.15) is 0 Å². The maximum absolute atomic E-state index is 5.03. The third-order valence-corrected chi connectivity index (χ3v) is 10.0. The van der Waals surface area contributed by atoms with Crippen LogP contribution >= 0.6 is 0 Å². The molecule has 0 fully saturated rings. The van der Waals surface area contributed by atoms with Crippen LogP contribution in [-0.2, 0) is 0 Å². The van der Waals surface area contributed by atoms with Crippen molar-refractivity contribution in [3.05, 3.63) is 182 Å². The maximum Gasteiger partial charge on any atom is 0.164 e. The summed E-state index contributed by atoms with van der Waals surface area (Å²) in [5.74, 6) is 1.91. The Balaban J connectivity index is 1.11. The second kappa shape index (κ2) is 12.4. The molecule has 0 bridgehead atoms. The number of hydrogen-bond acceptors (Lipinski definition) is 4. The average molecular weight is 663 g/mol. The lowest BCUT2D eigenvalue weighted by Crippen LogP contribution is -2.00. The largest absolute Gasteiger partial charge is 0.265 e. The summed E-state index contributed by atoms with van der Waals surface area (Å²) in [7, 11) is 0. The fourth-order valence-corrected chi connectivity index (χ4v) is 7.51. The van der Waals surface area contributed by atoms with Gasteiger partial charge in [-0.15, -0.1) is 0 Å². The summed E-state index contributed by atoms with van der Waals surface area (Å²) in [5.41, 5.74) is 7.37. The number of aromatic nitrogens is 4. The molecule has 0 spiro atoms. The highest BCUT2D eigenvalue weighted by Crippen LogP contribution is 2.43. The van der Waals surface area contributed by atoms with Crippen molar-refractivity contribution in [3.63, 3.8) is 0 Å². The first-order valence-corrected chi connectivity index (χ1v) is 17.5. The van der Waals surface area contributed by atoms with E-state index < -0.39 is 0 Å². The van der Waals surface area contributed by atoms with Gasteiger partial charge < -0.3 is 0 Å². The van der Waals surface area contributed by atoms with Gasteiger partial charge in [-0.1, -0.05) is 152 Å². The van der Waals surface area contributed by atoms with Crippen LogP contribution < -0.4 is 0 Å². The van der Waals surface area contributed by atoms with Gasteiger partial charge in [0, 0.05) is 29.1 Å². The highest BCUT2D eigenvalue weighted by molar-refractivity contribution is 6.33. The molecule has 0 N–H and O–H groups in total. The number of rotatable bonds is 5. The fraction of sp³-hybridized carbons (Fsp3) is 0. The second-order valence-corrected chi connectivity index (χ2v) is 13.0. The van der Waals surface area contributed by atoms with Gasteiger partial charge in [0.2, 0.25) is 0 Å². The first-order valence-electron chi connectivity index (χ1n) is 17.5. The highest BCUT2D eigenvalue weighted by atomic mass is 15.0. The number of fused-ring (bicyclic) bond motifs is 8. The van der Waals surface area contributed by atoms with E-state index in [9.17, 15) is 0 Å². The molecule has 2 aromatic heterocycles. The van der Waals surface area contributed by atoms with Crippen LogP contribution in [-0.4, -0.2) is 19.9 Å². The Morgan fingerprint density at radius 3 is 1.23 bits per heavy atom. The van der Waals surface area contributed by atoms with Crippen LogP contribution in [0.4, 0.5) is 0 Å². The SMILES string of the molecule is c1ccc(-c2nc(-c3ccc(-c4ccncc4)cc3)nc(-c3ccc(-c4cc5c6ccccc6c6ccccc6c5c5ccccc45)cc3)n2)cc1. The summed E-state index contributed by atoms with van der Waals surface area (Å²) in [6.45, 7) is 0. The minimum atomic E-state index is 0.633. The van der Waals surface area contributed by atoms with Gasteiger partial charge in [0.25, 0.3) is 0 Å². The highest BCUT2D eigenvalue weighted by Gasteiger charge is 2.16. The van der Waals surface area contributed by atoms with Crippen LogP contribution in [0.2, 0.25) is 0 Å². The third-order valence-electron chi connectivity index (χ3n) is 10.0. The van der Waals surface area contributed by atoms with E-state index in [0.29, 0.717) is 17.5 Å². The number of pyridine rings is 1. The van der Waals surface area contributed by atoms with E-state index in [4.69, 9.17) is 15.0 Å². The number of hydrogen-bond donors (Lipinski definition) is 0. The Morgan fingerprint density at radius 1 is 0.269 bits per heavy atom. The van der Waals surface area contributed by atoms with Gasteiger partial charge in [0.05, 0.1) is 0 Å². The van der Waals surface area contributed by atoms with Crippen LogP contribution in [0.25, 0.3) is 99.5 Å². The molecular formula is C48H30N4. The van der Waals surface area contributed by atoms with Crippen LogP contribution in [0.1, 0.15) is 0 Å². The van der Waals surface area contributed by atoms with Crippen molar-refractivity contribution in [3.8, 4) is 56.4 Å². The van der Waals surface area contributed by atoms with E-state index in [2.05, 4.69) is 132 Å². The third kappa shape index (κ3) is 5.09. The van der Waals surface area contributed by atoms with Crippen molar-refractivity contribution in [2.45, 2.75) is 0 Å². The molecule has 242 valence electrons. The molecule has 10 aromatic rings. The zero-order chi connectivity index (χ0) is 34.4. The lowest BCUT2D eigenvalue weighted by Gasteiger charge is -2.16. The summed E-state index contributed by atoms with van der Waals surface area (Å²) in [4.78, 5) is 19.1. The smallest absolute Gasteiger partial charge is 0.164 e. The number of nitrogens with zero attached hydrogens (tertiary/aromatic N) is 4. The molecule has 8 aromatic carbocycles. The molecule has 0 aliphatic carbocycles. The van der Waals surface area contributed by atoms with Gasteiger partial charge >= 0.3 is 0 Å². The molecule has 4 heteroatoms. The van der Waals surface area contributed by atoms with E-state index in [0.717, 1.165) is 33.4 Å². The molecule has 0 radical (unpaired) electrons. The van der Waals surface area contributed by atoms with Crippen molar-refractivity contribution in [2.24, 2.45) is 0 Å². The summed E-state index contributed by atoms with van der Waals surface area (Å²) in [6.07, 6.45) is 3.62. The standard InChI is InChI=1S/C48H30N4/c1-2-10-34(11-3-1)46-50-47(35-22-18-31(19-23-35)32-26-28-49-29-27-32)52-48(51-46)36-24-20-33(21-25-36)43-30-44-39-14-5-4-12-37(39)38-13-6-8-16-41(38)45(44)42-17-9-7-15-40(42)43/h1-30H. The summed E-state index contributed by atoms with van der Waals surface area (Å²) in [6, 6.07) is 59.8. The van der Waals surface area contributed by atoms with Crippen molar-refractivity contribution in [1.29, 1.82) is 0 Å². The molecular weight excluding hydrogens is 633 g/mol. The normalized spacial score (nSPS) is 11.5. The predicted molar refractivity (Wildman–Crippen MR) is 215 cm³/mol. The van der Waals surface area contributed by atoms with Crippen molar-refractivity contribution in [1.82, 2.24) is 19.9 Å². The molecule has 0 amide bonds. The van der Waals surface area contributed by atoms with Crippen LogP contribution in [0.5, 0.6) is 0 Å². The van der Waals surface area contributed by atoms with E-state index in [1.165, 1.54) is 48.7 Å². The van der Waals surface area contributed by atoms with Gasteiger partial charge in [0.15, 0.2) is 17.5 Å². The zero-order valence-corrected chi connectivity index (χ0v) is 28.1. The fourth-order valence-electron chi connectivity index (χ4n) is 7.51. The quantitative estimate of drug-likeness (QED) is 0.172.